The van der Waals surface area contributed by atoms with Crippen LogP contribution in [0.25, 0.3) is 0 Å². The van der Waals surface area contributed by atoms with Gasteiger partial charge in [-0.1, -0.05) is 13.8 Å². The largest absolute Gasteiger partial charge is 0.480 e. The average molecular weight is 462 g/mol. The fourth-order valence-electron chi connectivity index (χ4n) is 3.64. The third kappa shape index (κ3) is 5.70. The number of hydrogen-bond donors (Lipinski definition) is 2. The molecule has 0 saturated heterocycles. The minimum absolute atomic E-state index is 0.248. The van der Waals surface area contributed by atoms with Crippen LogP contribution in [0.15, 0.2) is 28.1 Å². The lowest BCUT2D eigenvalue weighted by Gasteiger charge is -2.36. The van der Waals surface area contributed by atoms with Crippen molar-refractivity contribution in [2.75, 3.05) is 13.6 Å². The fraction of sp³-hybridized carbons (Fsp3) is 0.550. The van der Waals surface area contributed by atoms with Crippen LogP contribution in [0.3, 0.4) is 0 Å². The summed E-state index contributed by atoms with van der Waals surface area (Å²) < 4.78 is 67.6. The van der Waals surface area contributed by atoms with Gasteiger partial charge in [0.15, 0.2) is 0 Å². The SMILES string of the molecule is CC(C)c1cc(C(F)(F)F)cc(S(=O)(=O)N(C)C2CCCC(=NCC(=O)O)C2C=N)c1. The van der Waals surface area contributed by atoms with Crippen LogP contribution in [0.4, 0.5) is 13.2 Å². The Morgan fingerprint density at radius 3 is 2.52 bits per heavy atom. The molecule has 2 unspecified atom stereocenters. The van der Waals surface area contributed by atoms with E-state index in [2.05, 4.69) is 4.99 Å². The first-order valence-corrected chi connectivity index (χ1v) is 11.2. The van der Waals surface area contributed by atoms with Gasteiger partial charge < -0.3 is 10.5 Å². The number of carbonyl (C=O) groups is 1. The Hall–Kier alpha value is -2.27. The van der Waals surface area contributed by atoms with Crippen molar-refractivity contribution in [3.05, 3.63) is 29.3 Å². The predicted octanol–water partition coefficient (Wildman–Crippen LogP) is 3.79. The van der Waals surface area contributed by atoms with Crippen molar-refractivity contribution in [3.63, 3.8) is 0 Å². The Balaban J connectivity index is 2.49. The van der Waals surface area contributed by atoms with E-state index in [0.29, 0.717) is 31.0 Å². The molecule has 1 saturated carbocycles. The highest BCUT2D eigenvalue weighted by atomic mass is 32.2. The summed E-state index contributed by atoms with van der Waals surface area (Å²) in [4.78, 5) is 14.4. The quantitative estimate of drug-likeness (QED) is 0.602. The highest BCUT2D eigenvalue weighted by Crippen LogP contribution is 2.35. The van der Waals surface area contributed by atoms with Crippen molar-refractivity contribution in [1.29, 1.82) is 5.41 Å². The Labute approximate surface area is 179 Å². The van der Waals surface area contributed by atoms with Crippen LogP contribution in [0.2, 0.25) is 0 Å². The van der Waals surface area contributed by atoms with E-state index in [1.54, 1.807) is 13.8 Å². The highest BCUT2D eigenvalue weighted by Gasteiger charge is 2.39. The third-order valence-corrected chi connectivity index (χ3v) is 7.26. The second-order valence-corrected chi connectivity index (χ2v) is 9.82. The minimum Gasteiger partial charge on any atom is -0.480 e. The molecular weight excluding hydrogens is 435 g/mol. The lowest BCUT2D eigenvalue weighted by atomic mass is 9.83. The Morgan fingerprint density at radius 1 is 1.35 bits per heavy atom. The van der Waals surface area contributed by atoms with E-state index in [1.807, 2.05) is 0 Å². The molecule has 1 fully saturated rings. The number of nitrogens with one attached hydrogen (secondary N) is 1. The predicted molar refractivity (Wildman–Crippen MR) is 110 cm³/mol. The molecule has 0 bridgehead atoms. The first kappa shape index (κ1) is 25.0. The van der Waals surface area contributed by atoms with Crippen molar-refractivity contribution in [2.45, 2.75) is 56.1 Å². The topological polar surface area (TPSA) is 111 Å². The fourth-order valence-corrected chi connectivity index (χ4v) is 5.13. The maximum atomic E-state index is 13.4. The molecule has 2 N–H and O–H groups in total. The van der Waals surface area contributed by atoms with Gasteiger partial charge in [0.05, 0.1) is 10.5 Å². The average Bonchev–Trinajstić information content (AvgIpc) is 2.70. The summed E-state index contributed by atoms with van der Waals surface area (Å²) in [5, 5.41) is 16.6. The van der Waals surface area contributed by atoms with Crippen LogP contribution in [0.5, 0.6) is 0 Å². The number of alkyl halides is 3. The number of carboxylic acid groups (broad SMARTS) is 1. The zero-order chi connectivity index (χ0) is 23.6. The second-order valence-electron chi connectivity index (χ2n) is 7.82. The summed E-state index contributed by atoms with van der Waals surface area (Å²) >= 11 is 0. The summed E-state index contributed by atoms with van der Waals surface area (Å²) in [6.45, 7) is 2.86. The monoisotopic (exact) mass is 461 g/mol. The van der Waals surface area contributed by atoms with Gasteiger partial charge in [-0.05, 0) is 48.9 Å². The Bertz CT molecular complexity index is 974. The maximum Gasteiger partial charge on any atom is 0.416 e. The molecule has 1 aromatic carbocycles. The molecule has 0 radical (unpaired) electrons. The summed E-state index contributed by atoms with van der Waals surface area (Å²) in [6, 6.07) is 2.06. The summed E-state index contributed by atoms with van der Waals surface area (Å²) in [6.07, 6.45) is -2.36. The van der Waals surface area contributed by atoms with Gasteiger partial charge in [-0.25, -0.2) is 8.42 Å². The Morgan fingerprint density at radius 2 is 2.00 bits per heavy atom. The minimum atomic E-state index is -4.70. The zero-order valence-electron chi connectivity index (χ0n) is 17.5. The van der Waals surface area contributed by atoms with Gasteiger partial charge in [0.1, 0.15) is 6.54 Å². The molecule has 2 atom stereocenters. The van der Waals surface area contributed by atoms with Crippen molar-refractivity contribution in [2.24, 2.45) is 10.9 Å². The first-order valence-electron chi connectivity index (χ1n) is 9.74. The van der Waals surface area contributed by atoms with Crippen LogP contribution in [-0.2, 0) is 21.0 Å². The number of rotatable bonds is 7. The van der Waals surface area contributed by atoms with Gasteiger partial charge >= 0.3 is 12.1 Å². The van der Waals surface area contributed by atoms with E-state index in [1.165, 1.54) is 13.1 Å². The molecule has 1 aliphatic rings. The molecule has 11 heteroatoms. The molecular formula is C20H26F3N3O4S. The number of hydrogen-bond acceptors (Lipinski definition) is 5. The van der Waals surface area contributed by atoms with Gasteiger partial charge in [-0.15, -0.1) is 0 Å². The molecule has 172 valence electrons. The summed E-state index contributed by atoms with van der Waals surface area (Å²) in [5.74, 6) is -2.21. The molecule has 2 rings (SSSR count). The van der Waals surface area contributed by atoms with E-state index >= 15 is 0 Å². The molecule has 0 aromatic heterocycles. The molecule has 0 amide bonds. The van der Waals surface area contributed by atoms with Gasteiger partial charge in [0.2, 0.25) is 10.0 Å². The molecule has 31 heavy (non-hydrogen) atoms. The van der Waals surface area contributed by atoms with Gasteiger partial charge in [0, 0.05) is 30.9 Å². The van der Waals surface area contributed by atoms with Crippen molar-refractivity contribution < 1.29 is 31.5 Å². The first-order chi connectivity index (χ1) is 14.3. The van der Waals surface area contributed by atoms with Crippen LogP contribution >= 0.6 is 0 Å². The van der Waals surface area contributed by atoms with E-state index in [9.17, 15) is 26.4 Å². The number of carboxylic acids is 1. The van der Waals surface area contributed by atoms with Gasteiger partial charge in [-0.2, -0.15) is 17.5 Å². The van der Waals surface area contributed by atoms with E-state index in [-0.39, 0.29) is 11.5 Å². The maximum absolute atomic E-state index is 13.4. The standard InChI is InChI=1S/C20H26F3N3O4S/c1-12(2)13-7-14(20(21,22)23)9-15(8-13)31(29,30)26(3)18-6-4-5-17(16(18)10-24)25-11-19(27)28/h7-10,12,16,18,24H,4-6,11H2,1-3H3,(H,27,28). The molecule has 0 aliphatic heterocycles. The number of halogens is 3. The highest BCUT2D eigenvalue weighted by molar-refractivity contribution is 7.89. The molecule has 1 aromatic rings. The van der Waals surface area contributed by atoms with Crippen LogP contribution in [0, 0.1) is 11.3 Å². The van der Waals surface area contributed by atoms with Crippen LogP contribution < -0.4 is 0 Å². The van der Waals surface area contributed by atoms with Crippen molar-refractivity contribution >= 4 is 27.9 Å². The Kier molecular flexibility index (Phi) is 7.64. The van der Waals surface area contributed by atoms with E-state index in [4.69, 9.17) is 10.5 Å². The number of benzene rings is 1. The summed E-state index contributed by atoms with van der Waals surface area (Å²) in [7, 11) is -3.05. The van der Waals surface area contributed by atoms with Crippen LogP contribution in [-0.4, -0.2) is 55.4 Å². The lowest BCUT2D eigenvalue weighted by Crippen LogP contribution is -2.47. The number of aliphatic carboxylic acids is 1. The smallest absolute Gasteiger partial charge is 0.416 e. The number of sulfonamides is 1. The molecule has 7 nitrogen and oxygen atoms in total. The van der Waals surface area contributed by atoms with E-state index in [0.717, 1.165) is 16.6 Å². The van der Waals surface area contributed by atoms with E-state index < -0.39 is 51.1 Å². The van der Waals surface area contributed by atoms with Crippen molar-refractivity contribution in [3.8, 4) is 0 Å². The molecule has 1 aliphatic carbocycles. The van der Waals surface area contributed by atoms with Crippen LogP contribution in [0.1, 0.15) is 50.2 Å². The molecule has 0 heterocycles. The normalized spacial score (nSPS) is 21.6. The second kappa shape index (κ2) is 9.47. The van der Waals surface area contributed by atoms with Gasteiger partial charge in [-0.3, -0.25) is 9.79 Å². The van der Waals surface area contributed by atoms with Gasteiger partial charge in [0.25, 0.3) is 0 Å². The lowest BCUT2D eigenvalue weighted by molar-refractivity contribution is -0.138. The third-order valence-electron chi connectivity index (χ3n) is 5.40. The number of nitrogens with zero attached hydrogens (tertiary/aromatic N) is 2. The zero-order valence-corrected chi connectivity index (χ0v) is 18.3. The summed E-state index contributed by atoms with van der Waals surface area (Å²) in [5.41, 5.74) is -0.387. The van der Waals surface area contributed by atoms with Crippen molar-refractivity contribution in [1.82, 2.24) is 4.31 Å². The number of aliphatic imine (C=N–C) groups is 1. The molecule has 0 spiro atoms.